The highest BCUT2D eigenvalue weighted by Crippen LogP contribution is 2.19. The van der Waals surface area contributed by atoms with Crippen molar-refractivity contribution in [2.45, 2.75) is 31.0 Å². The summed E-state index contributed by atoms with van der Waals surface area (Å²) in [5.41, 5.74) is 2.19. The van der Waals surface area contributed by atoms with Gasteiger partial charge >= 0.3 is 6.03 Å². The summed E-state index contributed by atoms with van der Waals surface area (Å²) in [6.45, 7) is 3.41. The molecular formula is C16H18N6O3S. The normalized spacial score (nSPS) is 19.5. The van der Waals surface area contributed by atoms with Crippen molar-refractivity contribution < 1.29 is 14.4 Å². The maximum Gasteiger partial charge on any atom is 0.344 e. The maximum atomic E-state index is 12.2. The fourth-order valence-electron chi connectivity index (χ4n) is 2.33. The highest BCUT2D eigenvalue weighted by molar-refractivity contribution is 7.99. The van der Waals surface area contributed by atoms with Crippen molar-refractivity contribution in [3.8, 4) is 5.69 Å². The van der Waals surface area contributed by atoms with E-state index in [1.165, 1.54) is 0 Å². The van der Waals surface area contributed by atoms with Gasteiger partial charge in [0.25, 0.3) is 5.91 Å². The van der Waals surface area contributed by atoms with Crippen molar-refractivity contribution >= 4 is 29.6 Å². The van der Waals surface area contributed by atoms with Crippen LogP contribution in [0.1, 0.15) is 20.3 Å². The van der Waals surface area contributed by atoms with Gasteiger partial charge in [-0.2, -0.15) is 5.01 Å². The van der Waals surface area contributed by atoms with E-state index in [0.717, 1.165) is 22.5 Å². The molecule has 1 saturated heterocycles. The second kappa shape index (κ2) is 7.16. The van der Waals surface area contributed by atoms with Crippen LogP contribution in [0.5, 0.6) is 0 Å². The van der Waals surface area contributed by atoms with E-state index in [9.17, 15) is 14.4 Å². The number of hydrogen-bond acceptors (Lipinski definition) is 6. The molecule has 26 heavy (non-hydrogen) atoms. The number of thioether (sulfide) groups is 1. The topological polar surface area (TPSA) is 109 Å². The third-order valence-corrected chi connectivity index (χ3v) is 4.88. The van der Waals surface area contributed by atoms with Crippen LogP contribution in [-0.2, 0) is 9.59 Å². The number of amides is 4. The summed E-state index contributed by atoms with van der Waals surface area (Å²) in [5, 5.41) is 7.99. The van der Waals surface area contributed by atoms with E-state index in [0.29, 0.717) is 11.6 Å². The molecule has 2 N–H and O–H groups in total. The Balaban J connectivity index is 1.56. The van der Waals surface area contributed by atoms with Crippen molar-refractivity contribution in [1.29, 1.82) is 0 Å². The van der Waals surface area contributed by atoms with Gasteiger partial charge in [-0.1, -0.05) is 36.9 Å². The molecule has 4 amide bonds. The number of urea groups is 1. The zero-order chi connectivity index (χ0) is 18.7. The number of carbonyl (C=O) groups excluding carboxylic acids is 3. The molecule has 1 atom stereocenters. The standard InChI is InChI=1S/C16H18N6O3S/c1-3-16(2)13(24)22(15(25)18-16)19-12(23)9-26-14-17-10-21(20-14)11-7-5-4-6-8-11/h4-8,10H,3,9H2,1-2H3,(H,18,25)(H,19,23). The van der Waals surface area contributed by atoms with Crippen LogP contribution in [-0.4, -0.2) is 48.9 Å². The van der Waals surface area contributed by atoms with Gasteiger partial charge in [0.2, 0.25) is 11.1 Å². The van der Waals surface area contributed by atoms with Crippen LogP contribution in [0, 0.1) is 0 Å². The average Bonchev–Trinajstić information content (AvgIpc) is 3.20. The molecule has 3 rings (SSSR count). The first-order valence-electron chi connectivity index (χ1n) is 7.99. The van der Waals surface area contributed by atoms with E-state index < -0.39 is 23.4 Å². The van der Waals surface area contributed by atoms with E-state index in [4.69, 9.17) is 0 Å². The van der Waals surface area contributed by atoms with Gasteiger partial charge in [-0.3, -0.25) is 15.0 Å². The van der Waals surface area contributed by atoms with Gasteiger partial charge in [-0.25, -0.2) is 14.5 Å². The zero-order valence-electron chi connectivity index (χ0n) is 14.3. The van der Waals surface area contributed by atoms with Gasteiger partial charge < -0.3 is 5.32 Å². The monoisotopic (exact) mass is 374 g/mol. The van der Waals surface area contributed by atoms with Crippen molar-refractivity contribution in [2.75, 3.05) is 5.75 Å². The van der Waals surface area contributed by atoms with Crippen molar-refractivity contribution in [3.63, 3.8) is 0 Å². The molecule has 0 spiro atoms. The Hall–Kier alpha value is -2.88. The Morgan fingerprint density at radius 3 is 2.69 bits per heavy atom. The number of carbonyl (C=O) groups is 3. The van der Waals surface area contributed by atoms with Gasteiger partial charge in [0, 0.05) is 0 Å². The summed E-state index contributed by atoms with van der Waals surface area (Å²) in [5.74, 6) is -0.997. The lowest BCUT2D eigenvalue weighted by molar-refractivity contribution is -0.137. The summed E-state index contributed by atoms with van der Waals surface area (Å²) in [6, 6.07) is 8.82. The quantitative estimate of drug-likeness (QED) is 0.579. The summed E-state index contributed by atoms with van der Waals surface area (Å²) < 4.78 is 1.60. The van der Waals surface area contributed by atoms with Gasteiger partial charge in [0.15, 0.2) is 0 Å². The lowest BCUT2D eigenvalue weighted by Crippen LogP contribution is -2.49. The maximum absolute atomic E-state index is 12.2. The smallest absolute Gasteiger partial charge is 0.322 e. The first-order chi connectivity index (χ1) is 12.4. The minimum atomic E-state index is -0.993. The fraction of sp³-hybridized carbons (Fsp3) is 0.312. The Morgan fingerprint density at radius 2 is 2.04 bits per heavy atom. The molecule has 1 aromatic heterocycles. The van der Waals surface area contributed by atoms with Crippen molar-refractivity contribution in [3.05, 3.63) is 36.7 Å². The van der Waals surface area contributed by atoms with Crippen LogP contribution >= 0.6 is 11.8 Å². The van der Waals surface area contributed by atoms with Crippen molar-refractivity contribution in [1.82, 2.24) is 30.5 Å². The third kappa shape index (κ3) is 3.54. The number of imide groups is 1. The predicted molar refractivity (Wildman–Crippen MR) is 94.3 cm³/mol. The molecule has 9 nitrogen and oxygen atoms in total. The van der Waals surface area contributed by atoms with Crippen LogP contribution in [0.4, 0.5) is 4.79 Å². The molecule has 1 aliphatic heterocycles. The van der Waals surface area contributed by atoms with E-state index in [1.54, 1.807) is 24.9 Å². The molecule has 0 saturated carbocycles. The Morgan fingerprint density at radius 1 is 1.31 bits per heavy atom. The van der Waals surface area contributed by atoms with Gasteiger partial charge in [0.05, 0.1) is 11.4 Å². The third-order valence-electron chi connectivity index (χ3n) is 4.03. The van der Waals surface area contributed by atoms with E-state index >= 15 is 0 Å². The van der Waals surface area contributed by atoms with Gasteiger partial charge in [-0.15, -0.1) is 5.10 Å². The Kier molecular flexibility index (Phi) is 4.94. The lowest BCUT2D eigenvalue weighted by Gasteiger charge is -2.19. The number of hydrazine groups is 1. The van der Waals surface area contributed by atoms with E-state index in [2.05, 4.69) is 20.8 Å². The molecule has 2 aromatic rings. The predicted octanol–water partition coefficient (Wildman–Crippen LogP) is 1.11. The lowest BCUT2D eigenvalue weighted by atomic mass is 10.00. The molecule has 0 bridgehead atoms. The molecule has 136 valence electrons. The Labute approximate surface area is 154 Å². The van der Waals surface area contributed by atoms with Crippen LogP contribution in [0.2, 0.25) is 0 Å². The Bertz CT molecular complexity index is 840. The number of para-hydroxylation sites is 1. The van der Waals surface area contributed by atoms with Gasteiger partial charge in [-0.05, 0) is 25.5 Å². The second-order valence-electron chi connectivity index (χ2n) is 5.89. The second-order valence-corrected chi connectivity index (χ2v) is 6.83. The summed E-state index contributed by atoms with van der Waals surface area (Å²) in [7, 11) is 0. The van der Waals surface area contributed by atoms with Crippen molar-refractivity contribution in [2.24, 2.45) is 0 Å². The molecule has 0 radical (unpaired) electrons. The molecule has 1 aromatic carbocycles. The molecule has 2 heterocycles. The molecule has 1 aliphatic rings. The molecular weight excluding hydrogens is 356 g/mol. The van der Waals surface area contributed by atoms with E-state index in [-0.39, 0.29) is 5.75 Å². The summed E-state index contributed by atoms with van der Waals surface area (Å²) in [6.07, 6.45) is 1.99. The number of rotatable bonds is 6. The van der Waals surface area contributed by atoms with E-state index in [1.807, 2.05) is 30.3 Å². The van der Waals surface area contributed by atoms with Gasteiger partial charge in [0.1, 0.15) is 11.9 Å². The molecule has 10 heteroatoms. The SMILES string of the molecule is CCC1(C)NC(=O)N(NC(=O)CSc2ncn(-c3ccccc3)n2)C1=O. The van der Waals surface area contributed by atoms with Crippen LogP contribution in [0.25, 0.3) is 5.69 Å². The summed E-state index contributed by atoms with van der Waals surface area (Å²) in [4.78, 5) is 40.3. The number of nitrogens with zero attached hydrogens (tertiary/aromatic N) is 4. The summed E-state index contributed by atoms with van der Waals surface area (Å²) >= 11 is 1.11. The highest BCUT2D eigenvalue weighted by Gasteiger charge is 2.47. The van der Waals surface area contributed by atoms with Crippen LogP contribution < -0.4 is 10.7 Å². The molecule has 0 aliphatic carbocycles. The molecule has 1 fully saturated rings. The van der Waals surface area contributed by atoms with Crippen LogP contribution in [0.15, 0.2) is 41.8 Å². The number of nitrogens with one attached hydrogen (secondary N) is 2. The first-order valence-corrected chi connectivity index (χ1v) is 8.97. The van der Waals surface area contributed by atoms with Crippen LogP contribution in [0.3, 0.4) is 0 Å². The number of hydrogen-bond donors (Lipinski definition) is 2. The molecule has 1 unspecified atom stereocenters. The first kappa shape index (κ1) is 17.9. The zero-order valence-corrected chi connectivity index (χ0v) is 15.1. The fourth-order valence-corrected chi connectivity index (χ4v) is 2.92. The minimum absolute atomic E-state index is 0.0291. The average molecular weight is 374 g/mol. The minimum Gasteiger partial charge on any atom is -0.322 e. The highest BCUT2D eigenvalue weighted by atomic mass is 32.2. The largest absolute Gasteiger partial charge is 0.344 e. The number of benzene rings is 1. The number of aromatic nitrogens is 3.